The van der Waals surface area contributed by atoms with Crippen LogP contribution in [0.4, 0.5) is 0 Å². The Morgan fingerprint density at radius 2 is 2.00 bits per heavy atom. The standard InChI is InChI=1S/C11H24N2O2/c1-4-10(5-2)13(8-7-12)11(14)6-9-15-3/h10H,4-9,12H2,1-3H3. The molecule has 0 aliphatic carbocycles. The van der Waals surface area contributed by atoms with Crippen molar-refractivity contribution in [3.05, 3.63) is 0 Å². The molecule has 0 rings (SSSR count). The lowest BCUT2D eigenvalue weighted by Gasteiger charge is -2.30. The van der Waals surface area contributed by atoms with E-state index in [9.17, 15) is 4.79 Å². The zero-order chi connectivity index (χ0) is 11.7. The van der Waals surface area contributed by atoms with Crippen molar-refractivity contribution in [1.82, 2.24) is 4.90 Å². The summed E-state index contributed by atoms with van der Waals surface area (Å²) in [5, 5.41) is 0. The maximum Gasteiger partial charge on any atom is 0.225 e. The maximum absolute atomic E-state index is 11.8. The molecule has 4 nitrogen and oxygen atoms in total. The third-order valence-electron chi connectivity index (χ3n) is 2.59. The highest BCUT2D eigenvalue weighted by atomic mass is 16.5. The molecule has 0 aliphatic rings. The fourth-order valence-electron chi connectivity index (χ4n) is 1.71. The van der Waals surface area contributed by atoms with Crippen molar-refractivity contribution >= 4 is 5.91 Å². The van der Waals surface area contributed by atoms with Crippen molar-refractivity contribution in [2.75, 3.05) is 26.8 Å². The molecule has 0 spiro atoms. The van der Waals surface area contributed by atoms with Gasteiger partial charge in [0.15, 0.2) is 0 Å². The summed E-state index contributed by atoms with van der Waals surface area (Å²) in [6.45, 7) is 5.85. The van der Waals surface area contributed by atoms with Crippen LogP contribution in [0.25, 0.3) is 0 Å². The normalized spacial score (nSPS) is 10.7. The van der Waals surface area contributed by atoms with Crippen LogP contribution in [-0.2, 0) is 9.53 Å². The minimum Gasteiger partial charge on any atom is -0.384 e. The van der Waals surface area contributed by atoms with Gasteiger partial charge in [0, 0.05) is 26.2 Å². The topological polar surface area (TPSA) is 55.6 Å². The number of methoxy groups -OCH3 is 1. The molecule has 2 N–H and O–H groups in total. The Morgan fingerprint density at radius 3 is 2.40 bits per heavy atom. The lowest BCUT2D eigenvalue weighted by Crippen LogP contribution is -2.43. The SMILES string of the molecule is CCC(CC)N(CCN)C(=O)CCOC. The number of rotatable bonds is 8. The van der Waals surface area contributed by atoms with Crippen molar-refractivity contribution in [2.45, 2.75) is 39.2 Å². The van der Waals surface area contributed by atoms with Crippen molar-refractivity contribution < 1.29 is 9.53 Å². The van der Waals surface area contributed by atoms with Gasteiger partial charge in [-0.05, 0) is 12.8 Å². The molecule has 90 valence electrons. The van der Waals surface area contributed by atoms with Gasteiger partial charge in [0.05, 0.1) is 13.0 Å². The van der Waals surface area contributed by atoms with Crippen LogP contribution in [0.3, 0.4) is 0 Å². The Balaban J connectivity index is 4.28. The highest BCUT2D eigenvalue weighted by molar-refractivity contribution is 5.76. The molecule has 0 aliphatic heterocycles. The molecule has 0 aromatic rings. The first-order chi connectivity index (χ1) is 7.21. The van der Waals surface area contributed by atoms with E-state index in [2.05, 4.69) is 13.8 Å². The lowest BCUT2D eigenvalue weighted by molar-refractivity contribution is -0.134. The smallest absolute Gasteiger partial charge is 0.225 e. The van der Waals surface area contributed by atoms with Gasteiger partial charge in [0.25, 0.3) is 0 Å². The Hall–Kier alpha value is -0.610. The molecule has 0 bridgehead atoms. The number of carbonyl (C=O) groups excluding carboxylic acids is 1. The molecule has 0 saturated carbocycles. The Labute approximate surface area is 92.8 Å². The highest BCUT2D eigenvalue weighted by Crippen LogP contribution is 2.09. The van der Waals surface area contributed by atoms with Crippen LogP contribution < -0.4 is 5.73 Å². The zero-order valence-corrected chi connectivity index (χ0v) is 10.2. The van der Waals surface area contributed by atoms with Crippen LogP contribution in [0.5, 0.6) is 0 Å². The second-order valence-corrected chi connectivity index (χ2v) is 3.59. The lowest BCUT2D eigenvalue weighted by atomic mass is 10.1. The third kappa shape index (κ3) is 5.14. The van der Waals surface area contributed by atoms with Crippen LogP contribution in [0.1, 0.15) is 33.1 Å². The van der Waals surface area contributed by atoms with E-state index in [1.165, 1.54) is 0 Å². The van der Waals surface area contributed by atoms with E-state index in [0.29, 0.717) is 32.2 Å². The van der Waals surface area contributed by atoms with Crippen LogP contribution in [0, 0.1) is 0 Å². The van der Waals surface area contributed by atoms with E-state index in [0.717, 1.165) is 12.8 Å². The van der Waals surface area contributed by atoms with Gasteiger partial charge in [-0.1, -0.05) is 13.8 Å². The van der Waals surface area contributed by atoms with Gasteiger partial charge < -0.3 is 15.4 Å². The zero-order valence-electron chi connectivity index (χ0n) is 10.2. The van der Waals surface area contributed by atoms with E-state index in [1.807, 2.05) is 4.90 Å². The summed E-state index contributed by atoms with van der Waals surface area (Å²) in [6.07, 6.45) is 2.41. The Kier molecular flexibility index (Phi) is 8.33. The Morgan fingerprint density at radius 1 is 1.40 bits per heavy atom. The molecular formula is C11H24N2O2. The molecule has 0 fully saturated rings. The monoisotopic (exact) mass is 216 g/mol. The number of nitrogens with zero attached hydrogens (tertiary/aromatic N) is 1. The molecule has 0 unspecified atom stereocenters. The van der Waals surface area contributed by atoms with E-state index in [1.54, 1.807) is 7.11 Å². The molecule has 0 radical (unpaired) electrons. The molecule has 0 aromatic heterocycles. The fraction of sp³-hybridized carbons (Fsp3) is 0.909. The summed E-state index contributed by atoms with van der Waals surface area (Å²) >= 11 is 0. The number of ether oxygens (including phenoxy) is 1. The summed E-state index contributed by atoms with van der Waals surface area (Å²) in [6, 6.07) is 0.318. The number of hydrogen-bond acceptors (Lipinski definition) is 3. The summed E-state index contributed by atoms with van der Waals surface area (Å²) in [5.74, 6) is 0.149. The van der Waals surface area contributed by atoms with E-state index >= 15 is 0 Å². The molecule has 0 heterocycles. The average Bonchev–Trinajstić information content (AvgIpc) is 2.26. The van der Waals surface area contributed by atoms with Crippen molar-refractivity contribution in [3.63, 3.8) is 0 Å². The van der Waals surface area contributed by atoms with Crippen LogP contribution in [-0.4, -0.2) is 43.7 Å². The van der Waals surface area contributed by atoms with Gasteiger partial charge in [-0.3, -0.25) is 4.79 Å². The predicted molar refractivity (Wildman–Crippen MR) is 61.6 cm³/mol. The maximum atomic E-state index is 11.8. The number of carbonyl (C=O) groups is 1. The van der Waals surface area contributed by atoms with Crippen LogP contribution >= 0.6 is 0 Å². The van der Waals surface area contributed by atoms with Gasteiger partial charge in [0.2, 0.25) is 5.91 Å². The molecule has 4 heteroatoms. The second-order valence-electron chi connectivity index (χ2n) is 3.59. The molecular weight excluding hydrogens is 192 g/mol. The first-order valence-electron chi connectivity index (χ1n) is 5.69. The van der Waals surface area contributed by atoms with Gasteiger partial charge in [-0.2, -0.15) is 0 Å². The number of hydrogen-bond donors (Lipinski definition) is 1. The average molecular weight is 216 g/mol. The van der Waals surface area contributed by atoms with E-state index in [4.69, 9.17) is 10.5 Å². The highest BCUT2D eigenvalue weighted by Gasteiger charge is 2.19. The third-order valence-corrected chi connectivity index (χ3v) is 2.59. The van der Waals surface area contributed by atoms with Gasteiger partial charge in [0.1, 0.15) is 0 Å². The van der Waals surface area contributed by atoms with Gasteiger partial charge in [-0.15, -0.1) is 0 Å². The summed E-state index contributed by atoms with van der Waals surface area (Å²) in [5.41, 5.74) is 5.52. The molecule has 15 heavy (non-hydrogen) atoms. The summed E-state index contributed by atoms with van der Waals surface area (Å²) < 4.78 is 4.91. The minimum absolute atomic E-state index is 0.149. The first-order valence-corrected chi connectivity index (χ1v) is 5.69. The van der Waals surface area contributed by atoms with Crippen LogP contribution in [0.2, 0.25) is 0 Å². The largest absolute Gasteiger partial charge is 0.384 e. The van der Waals surface area contributed by atoms with E-state index in [-0.39, 0.29) is 5.91 Å². The number of nitrogens with two attached hydrogens (primary N) is 1. The quantitative estimate of drug-likeness (QED) is 0.658. The fourth-order valence-corrected chi connectivity index (χ4v) is 1.71. The van der Waals surface area contributed by atoms with E-state index < -0.39 is 0 Å². The van der Waals surface area contributed by atoms with Crippen molar-refractivity contribution in [1.29, 1.82) is 0 Å². The van der Waals surface area contributed by atoms with Crippen LogP contribution in [0.15, 0.2) is 0 Å². The molecule has 1 amide bonds. The number of amides is 1. The molecule has 0 saturated heterocycles. The van der Waals surface area contributed by atoms with Gasteiger partial charge in [-0.25, -0.2) is 0 Å². The molecule has 0 atom stereocenters. The Bertz CT molecular complexity index is 170. The first kappa shape index (κ1) is 14.4. The van der Waals surface area contributed by atoms with Gasteiger partial charge >= 0.3 is 0 Å². The summed E-state index contributed by atoms with van der Waals surface area (Å²) in [7, 11) is 1.61. The second kappa shape index (κ2) is 8.68. The van der Waals surface area contributed by atoms with Crippen molar-refractivity contribution in [3.8, 4) is 0 Å². The summed E-state index contributed by atoms with van der Waals surface area (Å²) in [4.78, 5) is 13.7. The van der Waals surface area contributed by atoms with Crippen molar-refractivity contribution in [2.24, 2.45) is 5.73 Å². The predicted octanol–water partition coefficient (Wildman–Crippen LogP) is 0.999. The molecule has 0 aromatic carbocycles. The minimum atomic E-state index is 0.149.